The van der Waals surface area contributed by atoms with Crippen LogP contribution in [-0.2, 0) is 11.2 Å². The standard InChI is InChI=1S/C19H23FN4O2/c20-15-8-4-7-14(11-15)18-22-19(26)16(23-24-18)9-10-17(25)21-12-13-5-2-1-3-6-13/h4,7-8,11,13H,1-3,5-6,9-10,12H2,(H,21,25)(H,22,24,26). The molecule has 0 saturated heterocycles. The van der Waals surface area contributed by atoms with Gasteiger partial charge in [-0.25, -0.2) is 4.39 Å². The number of benzene rings is 1. The minimum Gasteiger partial charge on any atom is -0.356 e. The van der Waals surface area contributed by atoms with Crippen molar-refractivity contribution in [1.82, 2.24) is 20.5 Å². The summed E-state index contributed by atoms with van der Waals surface area (Å²) in [5, 5.41) is 10.8. The van der Waals surface area contributed by atoms with Crippen LogP contribution in [0.25, 0.3) is 11.4 Å². The van der Waals surface area contributed by atoms with Gasteiger partial charge in [0.2, 0.25) is 5.91 Å². The first-order valence-electron chi connectivity index (χ1n) is 9.10. The first kappa shape index (κ1) is 18.2. The molecule has 0 radical (unpaired) electrons. The first-order chi connectivity index (χ1) is 12.6. The molecule has 0 aliphatic heterocycles. The Morgan fingerprint density at radius 2 is 2.04 bits per heavy atom. The summed E-state index contributed by atoms with van der Waals surface area (Å²) in [5.41, 5.74) is 0.253. The van der Waals surface area contributed by atoms with Crippen LogP contribution in [0.1, 0.15) is 44.2 Å². The van der Waals surface area contributed by atoms with Gasteiger partial charge in [0.25, 0.3) is 5.56 Å². The maximum atomic E-state index is 13.3. The summed E-state index contributed by atoms with van der Waals surface area (Å²) < 4.78 is 13.3. The second kappa shape index (κ2) is 8.69. The second-order valence-corrected chi connectivity index (χ2v) is 6.77. The highest BCUT2D eigenvalue weighted by molar-refractivity contribution is 5.76. The van der Waals surface area contributed by atoms with Gasteiger partial charge in [-0.2, -0.15) is 0 Å². The predicted octanol–water partition coefficient (Wildman–Crippen LogP) is 2.60. The molecule has 1 aliphatic carbocycles. The highest BCUT2D eigenvalue weighted by atomic mass is 19.1. The van der Waals surface area contributed by atoms with Crippen LogP contribution in [0.2, 0.25) is 0 Å². The number of aryl methyl sites for hydroxylation is 1. The van der Waals surface area contributed by atoms with E-state index < -0.39 is 11.4 Å². The van der Waals surface area contributed by atoms with E-state index in [1.54, 1.807) is 6.07 Å². The van der Waals surface area contributed by atoms with Crippen molar-refractivity contribution in [3.8, 4) is 11.4 Å². The molecule has 1 aromatic carbocycles. The SMILES string of the molecule is O=C(CCc1nnc(-c2cccc(F)c2)[nH]c1=O)NCC1CCCCC1. The summed E-state index contributed by atoms with van der Waals surface area (Å²) in [6.07, 6.45) is 6.54. The van der Waals surface area contributed by atoms with Gasteiger partial charge >= 0.3 is 0 Å². The lowest BCUT2D eigenvalue weighted by molar-refractivity contribution is -0.121. The number of H-pyrrole nitrogens is 1. The topological polar surface area (TPSA) is 87.7 Å². The number of halogens is 1. The monoisotopic (exact) mass is 358 g/mol. The van der Waals surface area contributed by atoms with Gasteiger partial charge in [-0.1, -0.05) is 31.4 Å². The molecular weight excluding hydrogens is 335 g/mol. The van der Waals surface area contributed by atoms with E-state index in [0.29, 0.717) is 18.0 Å². The first-order valence-corrected chi connectivity index (χ1v) is 9.10. The van der Waals surface area contributed by atoms with Gasteiger partial charge in [0.1, 0.15) is 11.5 Å². The Bertz CT molecular complexity index is 815. The van der Waals surface area contributed by atoms with E-state index in [0.717, 1.165) is 0 Å². The third kappa shape index (κ3) is 4.97. The number of carbonyl (C=O) groups is 1. The lowest BCUT2D eigenvalue weighted by Crippen LogP contribution is -2.31. The van der Waals surface area contributed by atoms with Gasteiger partial charge in [-0.3, -0.25) is 9.59 Å². The van der Waals surface area contributed by atoms with Crippen LogP contribution in [-0.4, -0.2) is 27.6 Å². The second-order valence-electron chi connectivity index (χ2n) is 6.77. The van der Waals surface area contributed by atoms with Crippen molar-refractivity contribution in [2.24, 2.45) is 5.92 Å². The number of aromatic nitrogens is 3. The average Bonchev–Trinajstić information content (AvgIpc) is 2.66. The van der Waals surface area contributed by atoms with Gasteiger partial charge in [-0.05, 0) is 30.9 Å². The van der Waals surface area contributed by atoms with E-state index in [1.807, 2.05) is 0 Å². The molecule has 26 heavy (non-hydrogen) atoms. The molecule has 3 rings (SSSR count). The van der Waals surface area contributed by atoms with Gasteiger partial charge < -0.3 is 10.3 Å². The molecule has 0 unspecified atom stereocenters. The minimum absolute atomic E-state index is 0.0778. The normalized spacial score (nSPS) is 15.0. The van der Waals surface area contributed by atoms with Crippen LogP contribution in [0.4, 0.5) is 4.39 Å². The van der Waals surface area contributed by atoms with Gasteiger partial charge in [0.05, 0.1) is 0 Å². The molecule has 1 aromatic heterocycles. The number of amides is 1. The van der Waals surface area contributed by atoms with Gasteiger partial charge in [-0.15, -0.1) is 10.2 Å². The number of rotatable bonds is 6. The molecule has 0 atom stereocenters. The van der Waals surface area contributed by atoms with E-state index in [9.17, 15) is 14.0 Å². The number of hydrogen-bond acceptors (Lipinski definition) is 4. The quantitative estimate of drug-likeness (QED) is 0.831. The van der Waals surface area contributed by atoms with E-state index >= 15 is 0 Å². The van der Waals surface area contributed by atoms with Crippen molar-refractivity contribution >= 4 is 5.91 Å². The fourth-order valence-electron chi connectivity index (χ4n) is 3.26. The van der Waals surface area contributed by atoms with E-state index in [-0.39, 0.29) is 30.3 Å². The summed E-state index contributed by atoms with van der Waals surface area (Å²) in [4.78, 5) is 26.7. The molecule has 1 aliphatic rings. The van der Waals surface area contributed by atoms with Crippen molar-refractivity contribution in [2.75, 3.05) is 6.54 Å². The number of nitrogens with one attached hydrogen (secondary N) is 2. The Morgan fingerprint density at radius 1 is 1.23 bits per heavy atom. The van der Waals surface area contributed by atoms with Gasteiger partial charge in [0.15, 0.2) is 5.82 Å². The van der Waals surface area contributed by atoms with Crippen molar-refractivity contribution < 1.29 is 9.18 Å². The zero-order valence-electron chi connectivity index (χ0n) is 14.6. The molecule has 1 saturated carbocycles. The maximum Gasteiger partial charge on any atom is 0.273 e. The minimum atomic E-state index is -0.413. The molecule has 7 heteroatoms. The zero-order valence-corrected chi connectivity index (χ0v) is 14.6. The van der Waals surface area contributed by atoms with Crippen LogP contribution >= 0.6 is 0 Å². The summed E-state index contributed by atoms with van der Waals surface area (Å²) in [5.74, 6) is 0.288. The van der Waals surface area contributed by atoms with Crippen molar-refractivity contribution in [1.29, 1.82) is 0 Å². The molecule has 0 bridgehead atoms. The fraction of sp³-hybridized carbons (Fsp3) is 0.474. The summed E-state index contributed by atoms with van der Waals surface area (Å²) in [7, 11) is 0. The lowest BCUT2D eigenvalue weighted by Gasteiger charge is -2.21. The molecule has 2 aromatic rings. The molecular formula is C19H23FN4O2. The number of hydrogen-bond donors (Lipinski definition) is 2. The Balaban J connectivity index is 1.53. The summed E-state index contributed by atoms with van der Waals surface area (Å²) in [6, 6.07) is 5.77. The molecule has 2 N–H and O–H groups in total. The van der Waals surface area contributed by atoms with Crippen molar-refractivity contribution in [3.05, 3.63) is 46.1 Å². The Labute approximate surface area is 151 Å². The predicted molar refractivity (Wildman–Crippen MR) is 96.0 cm³/mol. The van der Waals surface area contributed by atoms with Crippen LogP contribution in [0.15, 0.2) is 29.1 Å². The van der Waals surface area contributed by atoms with Crippen LogP contribution in [0.3, 0.4) is 0 Å². The molecule has 6 nitrogen and oxygen atoms in total. The van der Waals surface area contributed by atoms with Crippen molar-refractivity contribution in [3.63, 3.8) is 0 Å². The fourth-order valence-corrected chi connectivity index (χ4v) is 3.26. The lowest BCUT2D eigenvalue weighted by atomic mass is 9.89. The summed E-state index contributed by atoms with van der Waals surface area (Å²) >= 11 is 0. The molecule has 0 spiro atoms. The van der Waals surface area contributed by atoms with Crippen LogP contribution in [0.5, 0.6) is 0 Å². The number of aromatic amines is 1. The average molecular weight is 358 g/mol. The highest BCUT2D eigenvalue weighted by Gasteiger charge is 2.15. The highest BCUT2D eigenvalue weighted by Crippen LogP contribution is 2.22. The largest absolute Gasteiger partial charge is 0.356 e. The van der Waals surface area contributed by atoms with Crippen molar-refractivity contribution in [2.45, 2.75) is 44.9 Å². The molecule has 138 valence electrons. The molecule has 1 amide bonds. The van der Waals surface area contributed by atoms with E-state index in [4.69, 9.17) is 0 Å². The third-order valence-electron chi connectivity index (χ3n) is 4.76. The maximum absolute atomic E-state index is 13.3. The van der Waals surface area contributed by atoms with E-state index in [2.05, 4.69) is 20.5 Å². The number of nitrogens with zero attached hydrogens (tertiary/aromatic N) is 2. The molecule has 1 heterocycles. The van der Waals surface area contributed by atoms with E-state index in [1.165, 1.54) is 50.3 Å². The Morgan fingerprint density at radius 3 is 2.77 bits per heavy atom. The zero-order chi connectivity index (χ0) is 18.4. The van der Waals surface area contributed by atoms with Gasteiger partial charge in [0, 0.05) is 24.9 Å². The summed E-state index contributed by atoms with van der Waals surface area (Å²) in [6.45, 7) is 0.708. The van der Waals surface area contributed by atoms with Crippen LogP contribution < -0.4 is 10.9 Å². The molecule has 1 fully saturated rings. The van der Waals surface area contributed by atoms with Crippen LogP contribution in [0, 0.1) is 11.7 Å². The number of carbonyl (C=O) groups excluding carboxylic acids is 1. The third-order valence-corrected chi connectivity index (χ3v) is 4.76. The Hall–Kier alpha value is -2.57. The Kier molecular flexibility index (Phi) is 6.09. The smallest absolute Gasteiger partial charge is 0.273 e.